The van der Waals surface area contributed by atoms with Gasteiger partial charge in [0.1, 0.15) is 5.60 Å². The minimum absolute atomic E-state index is 0.571. The Balaban J connectivity index is 2.07. The summed E-state index contributed by atoms with van der Waals surface area (Å²) in [5.41, 5.74) is 1.37. The van der Waals surface area contributed by atoms with Gasteiger partial charge in [-0.2, -0.15) is 0 Å². The number of nitrogens with one attached hydrogen (secondary N) is 1. The molecule has 0 spiro atoms. The molecule has 0 saturated heterocycles. The number of carbonyl (C=O) groups excluding carboxylic acids is 2. The fourth-order valence-electron chi connectivity index (χ4n) is 3.14. The van der Waals surface area contributed by atoms with E-state index < -0.39 is 35.4 Å². The van der Waals surface area contributed by atoms with Crippen molar-refractivity contribution in [3.8, 4) is 11.1 Å². The van der Waals surface area contributed by atoms with Gasteiger partial charge in [-0.05, 0) is 58.2 Å². The van der Waals surface area contributed by atoms with Crippen molar-refractivity contribution in [1.82, 2.24) is 5.32 Å². The van der Waals surface area contributed by atoms with Crippen LogP contribution in [0, 0.1) is 0 Å². The van der Waals surface area contributed by atoms with Gasteiger partial charge in [0.05, 0.1) is 23.7 Å². The van der Waals surface area contributed by atoms with Gasteiger partial charge >= 0.3 is 6.09 Å². The van der Waals surface area contributed by atoms with Crippen molar-refractivity contribution < 1.29 is 24.2 Å². The third kappa shape index (κ3) is 6.59. The highest BCUT2D eigenvalue weighted by atomic mass is 16.6. The van der Waals surface area contributed by atoms with Gasteiger partial charge in [-0.25, -0.2) is 4.79 Å². The molecule has 0 aliphatic carbocycles. The number of aliphatic carboxylic acids is 1. The molecule has 6 nitrogen and oxygen atoms in total. The minimum atomic E-state index is -1.44. The van der Waals surface area contributed by atoms with Crippen molar-refractivity contribution in [2.45, 2.75) is 64.9 Å². The second-order valence-corrected chi connectivity index (χ2v) is 8.72. The molecule has 0 fully saturated rings. The molecule has 2 aromatic carbocycles. The largest absolute Gasteiger partial charge is 0.548 e. The van der Waals surface area contributed by atoms with E-state index >= 15 is 0 Å². The van der Waals surface area contributed by atoms with Crippen LogP contribution in [0.3, 0.4) is 0 Å². The molecule has 0 aliphatic rings. The molecule has 0 saturated carbocycles. The van der Waals surface area contributed by atoms with Gasteiger partial charge in [0.25, 0.3) is 0 Å². The molecule has 0 heterocycles. The number of hydrogen-bond acceptors (Lipinski definition) is 5. The lowest BCUT2D eigenvalue weighted by atomic mass is 9.95. The average Bonchev–Trinajstić information content (AvgIpc) is 2.65. The molecule has 0 radical (unpaired) electrons. The van der Waals surface area contributed by atoms with Crippen molar-refractivity contribution in [3.63, 3.8) is 0 Å². The molecule has 2 atom stereocenters. The molecule has 1 N–H and O–H groups in total. The standard InChI is InChI=1S/C24H31NO5/c1-16(29-23(2,3)4)20(21(26)27)25-22(28)30-24(5,6)19-14-12-18(13-15-19)17-10-8-7-9-11-17/h7-16,20H,1-6H3,(H,25,28)(H,26,27)/p-1/t16-,20+/m1/s1. The Labute approximate surface area is 178 Å². The highest BCUT2D eigenvalue weighted by Crippen LogP contribution is 2.28. The number of amides is 1. The highest BCUT2D eigenvalue weighted by Gasteiger charge is 2.30. The fraction of sp³-hybridized carbons (Fsp3) is 0.417. The number of alkyl carbamates (subject to hydrolysis) is 1. The van der Waals surface area contributed by atoms with Crippen LogP contribution < -0.4 is 10.4 Å². The van der Waals surface area contributed by atoms with Crippen LogP contribution in [0.25, 0.3) is 11.1 Å². The molecule has 30 heavy (non-hydrogen) atoms. The maximum absolute atomic E-state index is 12.4. The average molecular weight is 413 g/mol. The zero-order chi connectivity index (χ0) is 22.5. The SMILES string of the molecule is C[C@@H](OC(C)(C)C)[C@H](NC(=O)OC(C)(C)c1ccc(-c2ccccc2)cc1)C(=O)[O-]. The molecule has 1 amide bonds. The lowest BCUT2D eigenvalue weighted by Crippen LogP contribution is -2.56. The quantitative estimate of drug-likeness (QED) is 0.750. The van der Waals surface area contributed by atoms with Crippen LogP contribution in [0.5, 0.6) is 0 Å². The second-order valence-electron chi connectivity index (χ2n) is 8.72. The number of hydrogen-bond donors (Lipinski definition) is 1. The molecular formula is C24H30NO5-. The summed E-state index contributed by atoms with van der Waals surface area (Å²) >= 11 is 0. The molecule has 0 bridgehead atoms. The van der Waals surface area contributed by atoms with Crippen molar-refractivity contribution in [1.29, 1.82) is 0 Å². The maximum Gasteiger partial charge on any atom is 0.408 e. The van der Waals surface area contributed by atoms with Crippen molar-refractivity contribution in [2.75, 3.05) is 0 Å². The van der Waals surface area contributed by atoms with E-state index in [0.29, 0.717) is 0 Å². The zero-order valence-electron chi connectivity index (χ0n) is 18.4. The number of ether oxygens (including phenoxy) is 2. The van der Waals surface area contributed by atoms with Gasteiger partial charge in [0.2, 0.25) is 0 Å². The lowest BCUT2D eigenvalue weighted by molar-refractivity contribution is -0.311. The van der Waals surface area contributed by atoms with E-state index in [-0.39, 0.29) is 0 Å². The fourth-order valence-corrected chi connectivity index (χ4v) is 3.14. The van der Waals surface area contributed by atoms with Gasteiger partial charge in [0.15, 0.2) is 0 Å². The summed E-state index contributed by atoms with van der Waals surface area (Å²) in [7, 11) is 0. The van der Waals surface area contributed by atoms with Gasteiger partial charge in [-0.15, -0.1) is 0 Å². The van der Waals surface area contributed by atoms with Crippen LogP contribution in [0.4, 0.5) is 4.79 Å². The summed E-state index contributed by atoms with van der Waals surface area (Å²) in [6.45, 7) is 10.5. The zero-order valence-corrected chi connectivity index (χ0v) is 18.4. The van der Waals surface area contributed by atoms with Gasteiger partial charge < -0.3 is 24.7 Å². The van der Waals surface area contributed by atoms with E-state index in [2.05, 4.69) is 5.32 Å². The molecule has 2 rings (SSSR count). The smallest absolute Gasteiger partial charge is 0.408 e. The molecule has 6 heteroatoms. The normalized spacial score (nSPS) is 13.9. The van der Waals surface area contributed by atoms with Crippen LogP contribution in [0.2, 0.25) is 0 Å². The molecular weight excluding hydrogens is 382 g/mol. The summed E-state index contributed by atoms with van der Waals surface area (Å²) < 4.78 is 11.2. The third-order valence-corrected chi connectivity index (χ3v) is 4.57. The van der Waals surface area contributed by atoms with E-state index in [1.54, 1.807) is 41.5 Å². The van der Waals surface area contributed by atoms with Crippen molar-refractivity contribution in [3.05, 3.63) is 60.2 Å². The van der Waals surface area contributed by atoms with Crippen LogP contribution in [-0.4, -0.2) is 29.8 Å². The molecule has 0 unspecified atom stereocenters. The Kier molecular flexibility index (Phi) is 7.26. The van der Waals surface area contributed by atoms with Crippen LogP contribution >= 0.6 is 0 Å². The number of carboxylic acids is 1. The van der Waals surface area contributed by atoms with E-state index in [1.165, 1.54) is 0 Å². The highest BCUT2D eigenvalue weighted by molar-refractivity contribution is 5.79. The first-order valence-electron chi connectivity index (χ1n) is 9.93. The first-order valence-corrected chi connectivity index (χ1v) is 9.93. The lowest BCUT2D eigenvalue weighted by Gasteiger charge is -2.33. The van der Waals surface area contributed by atoms with Gasteiger partial charge in [-0.3, -0.25) is 0 Å². The summed E-state index contributed by atoms with van der Waals surface area (Å²) in [4.78, 5) is 23.9. The third-order valence-electron chi connectivity index (χ3n) is 4.57. The van der Waals surface area contributed by atoms with Crippen molar-refractivity contribution >= 4 is 12.1 Å². The first-order chi connectivity index (χ1) is 13.9. The van der Waals surface area contributed by atoms with E-state index in [4.69, 9.17) is 9.47 Å². The summed E-state index contributed by atoms with van der Waals surface area (Å²) in [5, 5.41) is 13.9. The first kappa shape index (κ1) is 23.4. The summed E-state index contributed by atoms with van der Waals surface area (Å²) in [6.07, 6.45) is -1.65. The number of benzene rings is 2. The Morgan fingerprint density at radius 3 is 1.93 bits per heavy atom. The Hall–Kier alpha value is -2.86. The van der Waals surface area contributed by atoms with Crippen molar-refractivity contribution in [2.24, 2.45) is 0 Å². The number of carboxylic acid groups (broad SMARTS) is 1. The Morgan fingerprint density at radius 2 is 1.43 bits per heavy atom. The van der Waals surface area contributed by atoms with Gasteiger partial charge in [0, 0.05) is 0 Å². The Bertz CT molecular complexity index is 853. The topological polar surface area (TPSA) is 87.7 Å². The van der Waals surface area contributed by atoms with Crippen LogP contribution in [0.15, 0.2) is 54.6 Å². The van der Waals surface area contributed by atoms with E-state index in [9.17, 15) is 14.7 Å². The number of rotatable bonds is 7. The maximum atomic E-state index is 12.4. The summed E-state index contributed by atoms with van der Waals surface area (Å²) in [5.74, 6) is -1.44. The Morgan fingerprint density at radius 1 is 0.900 bits per heavy atom. The summed E-state index contributed by atoms with van der Waals surface area (Å²) in [6, 6.07) is 16.3. The molecule has 162 valence electrons. The molecule has 0 aromatic heterocycles. The minimum Gasteiger partial charge on any atom is -0.548 e. The van der Waals surface area contributed by atoms with Crippen LogP contribution in [0.1, 0.15) is 47.1 Å². The predicted octanol–water partition coefficient (Wildman–Crippen LogP) is 3.64. The molecule has 2 aromatic rings. The predicted molar refractivity (Wildman–Crippen MR) is 114 cm³/mol. The monoisotopic (exact) mass is 412 g/mol. The number of carbonyl (C=O) groups is 2. The van der Waals surface area contributed by atoms with Crippen LogP contribution in [-0.2, 0) is 19.9 Å². The van der Waals surface area contributed by atoms with E-state index in [1.807, 2.05) is 54.6 Å². The van der Waals surface area contributed by atoms with Gasteiger partial charge in [-0.1, -0.05) is 54.6 Å². The van der Waals surface area contributed by atoms with E-state index in [0.717, 1.165) is 16.7 Å². The molecule has 0 aliphatic heterocycles. The second kappa shape index (κ2) is 9.30.